The van der Waals surface area contributed by atoms with Crippen LogP contribution in [0.4, 0.5) is 5.69 Å². The van der Waals surface area contributed by atoms with Gasteiger partial charge in [-0.25, -0.2) is 0 Å². The highest BCUT2D eigenvalue weighted by Crippen LogP contribution is 2.24. The number of benzene rings is 1. The summed E-state index contributed by atoms with van der Waals surface area (Å²) in [6, 6.07) is 6.21. The smallest absolute Gasteiger partial charge is 0.282 e. The molecule has 5 heteroatoms. The third-order valence-corrected chi connectivity index (χ3v) is 3.70. The maximum atomic E-state index is 12.1. The van der Waals surface area contributed by atoms with E-state index in [1.807, 2.05) is 0 Å². The molecule has 0 saturated heterocycles. The predicted octanol–water partition coefficient (Wildman–Crippen LogP) is 2.90. The predicted molar refractivity (Wildman–Crippen MR) is 72.0 cm³/mol. The van der Waals surface area contributed by atoms with Crippen molar-refractivity contribution in [1.29, 1.82) is 0 Å². The van der Waals surface area contributed by atoms with Crippen molar-refractivity contribution in [3.05, 3.63) is 39.9 Å². The summed E-state index contributed by atoms with van der Waals surface area (Å²) in [7, 11) is 0. The van der Waals surface area contributed by atoms with E-state index in [-0.39, 0.29) is 23.2 Å². The van der Waals surface area contributed by atoms with Crippen LogP contribution >= 0.6 is 0 Å². The van der Waals surface area contributed by atoms with Gasteiger partial charge in [0.25, 0.3) is 11.6 Å². The summed E-state index contributed by atoms with van der Waals surface area (Å²) in [5.74, 6) is 0.367. The fraction of sp³-hybridized carbons (Fsp3) is 0.500. The molecule has 0 aliphatic heterocycles. The first-order valence-electron chi connectivity index (χ1n) is 6.62. The van der Waals surface area contributed by atoms with E-state index in [1.54, 1.807) is 12.1 Å². The van der Waals surface area contributed by atoms with E-state index >= 15 is 0 Å². The second-order valence-corrected chi connectivity index (χ2v) is 5.20. The molecule has 0 radical (unpaired) electrons. The number of amides is 1. The van der Waals surface area contributed by atoms with Crippen LogP contribution in [0.1, 0.15) is 43.0 Å². The quantitative estimate of drug-likeness (QED) is 0.672. The molecule has 1 aliphatic carbocycles. The average Bonchev–Trinajstić information content (AvgIpc) is 2.41. The van der Waals surface area contributed by atoms with E-state index in [1.165, 1.54) is 12.1 Å². The van der Waals surface area contributed by atoms with Crippen LogP contribution in [0.3, 0.4) is 0 Å². The van der Waals surface area contributed by atoms with Gasteiger partial charge in [-0.15, -0.1) is 0 Å². The molecule has 1 saturated carbocycles. The van der Waals surface area contributed by atoms with Gasteiger partial charge in [-0.3, -0.25) is 14.9 Å². The SMILES string of the molecule is C[C@H]1CC[C@@H](NC(=O)c2ccccc2[N+](=O)[O-])CC1. The summed E-state index contributed by atoms with van der Waals surface area (Å²) >= 11 is 0. The number of rotatable bonds is 3. The van der Waals surface area contributed by atoms with Gasteiger partial charge < -0.3 is 5.32 Å². The van der Waals surface area contributed by atoms with Crippen LogP contribution < -0.4 is 5.32 Å². The minimum atomic E-state index is -0.516. The van der Waals surface area contributed by atoms with E-state index in [2.05, 4.69) is 12.2 Å². The van der Waals surface area contributed by atoms with Gasteiger partial charge in [0.1, 0.15) is 5.56 Å². The van der Waals surface area contributed by atoms with Crippen molar-refractivity contribution in [3.8, 4) is 0 Å². The van der Waals surface area contributed by atoms with Crippen LogP contribution in [-0.4, -0.2) is 16.9 Å². The number of para-hydroxylation sites is 1. The van der Waals surface area contributed by atoms with Crippen LogP contribution in [0, 0.1) is 16.0 Å². The molecular weight excluding hydrogens is 244 g/mol. The zero-order chi connectivity index (χ0) is 13.8. The summed E-state index contributed by atoms with van der Waals surface area (Å²) in [6.07, 6.45) is 4.10. The molecule has 1 amide bonds. The van der Waals surface area contributed by atoms with Crippen LogP contribution in [0.15, 0.2) is 24.3 Å². The largest absolute Gasteiger partial charge is 0.349 e. The van der Waals surface area contributed by atoms with Crippen LogP contribution in [-0.2, 0) is 0 Å². The minimum absolute atomic E-state index is 0.135. The van der Waals surface area contributed by atoms with E-state index in [0.717, 1.165) is 25.7 Å². The van der Waals surface area contributed by atoms with Gasteiger partial charge in [-0.05, 0) is 37.7 Å². The highest BCUT2D eigenvalue weighted by Gasteiger charge is 2.24. The Labute approximate surface area is 112 Å². The summed E-state index contributed by atoms with van der Waals surface area (Å²) in [5.41, 5.74) is 0.00954. The molecule has 19 heavy (non-hydrogen) atoms. The molecule has 1 aromatic carbocycles. The maximum Gasteiger partial charge on any atom is 0.282 e. The molecular formula is C14H18N2O3. The van der Waals surface area contributed by atoms with Gasteiger partial charge in [-0.1, -0.05) is 19.1 Å². The summed E-state index contributed by atoms with van der Waals surface area (Å²) in [5, 5.41) is 13.8. The number of nitrogens with one attached hydrogen (secondary N) is 1. The van der Waals surface area contributed by atoms with Crippen molar-refractivity contribution in [2.75, 3.05) is 0 Å². The molecule has 102 valence electrons. The number of nitro groups is 1. The summed E-state index contributed by atoms with van der Waals surface area (Å²) in [6.45, 7) is 2.21. The number of carbonyl (C=O) groups is 1. The van der Waals surface area contributed by atoms with Gasteiger partial charge in [0.15, 0.2) is 0 Å². The van der Waals surface area contributed by atoms with Crippen LogP contribution in [0.25, 0.3) is 0 Å². The standard InChI is InChI=1S/C14H18N2O3/c1-10-6-8-11(9-7-10)15-14(17)12-4-2-3-5-13(12)16(18)19/h2-5,10-11H,6-9H2,1H3,(H,15,17)/t10-,11+. The lowest BCUT2D eigenvalue weighted by molar-refractivity contribution is -0.385. The fourth-order valence-electron chi connectivity index (χ4n) is 2.49. The van der Waals surface area contributed by atoms with Crippen molar-refractivity contribution in [1.82, 2.24) is 5.32 Å². The minimum Gasteiger partial charge on any atom is -0.349 e. The molecule has 1 aliphatic rings. The molecule has 0 spiro atoms. The van der Waals surface area contributed by atoms with E-state index < -0.39 is 4.92 Å². The first kappa shape index (κ1) is 13.5. The van der Waals surface area contributed by atoms with Crippen molar-refractivity contribution < 1.29 is 9.72 Å². The van der Waals surface area contributed by atoms with Crippen LogP contribution in [0.5, 0.6) is 0 Å². The molecule has 1 fully saturated rings. The lowest BCUT2D eigenvalue weighted by atomic mass is 9.87. The molecule has 2 rings (SSSR count). The number of carbonyl (C=O) groups excluding carboxylic acids is 1. The zero-order valence-electron chi connectivity index (χ0n) is 11.0. The molecule has 0 aromatic heterocycles. The molecule has 1 N–H and O–H groups in total. The highest BCUT2D eigenvalue weighted by atomic mass is 16.6. The normalized spacial score (nSPS) is 22.8. The molecule has 0 unspecified atom stereocenters. The Kier molecular flexibility index (Phi) is 4.14. The number of nitro benzene ring substituents is 1. The summed E-state index contributed by atoms with van der Waals surface area (Å²) < 4.78 is 0. The van der Waals surface area contributed by atoms with Crippen molar-refractivity contribution >= 4 is 11.6 Å². The van der Waals surface area contributed by atoms with Gasteiger partial charge >= 0.3 is 0 Å². The van der Waals surface area contributed by atoms with E-state index in [4.69, 9.17) is 0 Å². The Balaban J connectivity index is 2.06. The van der Waals surface area contributed by atoms with Crippen molar-refractivity contribution in [2.24, 2.45) is 5.92 Å². The van der Waals surface area contributed by atoms with Gasteiger partial charge in [0.05, 0.1) is 4.92 Å². The number of hydrogen-bond acceptors (Lipinski definition) is 3. The Bertz CT molecular complexity index is 479. The van der Waals surface area contributed by atoms with Gasteiger partial charge in [0.2, 0.25) is 0 Å². The third kappa shape index (κ3) is 3.30. The molecule has 5 nitrogen and oxygen atoms in total. The molecule has 0 atom stereocenters. The van der Waals surface area contributed by atoms with Gasteiger partial charge in [-0.2, -0.15) is 0 Å². The lowest BCUT2D eigenvalue weighted by Crippen LogP contribution is -2.37. The Morgan fingerprint density at radius 2 is 1.89 bits per heavy atom. The highest BCUT2D eigenvalue weighted by molar-refractivity contribution is 5.98. The lowest BCUT2D eigenvalue weighted by Gasteiger charge is -2.26. The van der Waals surface area contributed by atoms with E-state index in [9.17, 15) is 14.9 Å². The second-order valence-electron chi connectivity index (χ2n) is 5.20. The topological polar surface area (TPSA) is 72.2 Å². The second kappa shape index (κ2) is 5.82. The van der Waals surface area contributed by atoms with E-state index in [0.29, 0.717) is 5.92 Å². The third-order valence-electron chi connectivity index (χ3n) is 3.70. The Hall–Kier alpha value is -1.91. The van der Waals surface area contributed by atoms with Crippen molar-refractivity contribution in [2.45, 2.75) is 38.6 Å². The number of hydrogen-bond donors (Lipinski definition) is 1. The first-order chi connectivity index (χ1) is 9.08. The summed E-state index contributed by atoms with van der Waals surface area (Å²) in [4.78, 5) is 22.5. The Morgan fingerprint density at radius 3 is 2.53 bits per heavy atom. The average molecular weight is 262 g/mol. The Morgan fingerprint density at radius 1 is 1.26 bits per heavy atom. The van der Waals surface area contributed by atoms with Crippen LogP contribution in [0.2, 0.25) is 0 Å². The first-order valence-corrected chi connectivity index (χ1v) is 6.62. The molecule has 0 bridgehead atoms. The van der Waals surface area contributed by atoms with Crippen molar-refractivity contribution in [3.63, 3.8) is 0 Å². The zero-order valence-corrected chi connectivity index (χ0v) is 11.0. The van der Waals surface area contributed by atoms with Gasteiger partial charge in [0, 0.05) is 12.1 Å². The molecule has 1 aromatic rings. The monoisotopic (exact) mass is 262 g/mol. The fourth-order valence-corrected chi connectivity index (χ4v) is 2.49. The number of nitrogens with zero attached hydrogens (tertiary/aromatic N) is 1. The maximum absolute atomic E-state index is 12.1. The molecule has 0 heterocycles.